The van der Waals surface area contributed by atoms with Crippen LogP contribution >= 0.6 is 11.3 Å². The van der Waals surface area contributed by atoms with Crippen LogP contribution in [0.2, 0.25) is 0 Å². The van der Waals surface area contributed by atoms with E-state index in [9.17, 15) is 4.79 Å². The second-order valence-electron chi connectivity index (χ2n) is 6.41. The zero-order valence-corrected chi connectivity index (χ0v) is 15.1. The smallest absolute Gasteiger partial charge is 0.264 e. The lowest BCUT2D eigenvalue weighted by atomic mass is 9.99. The average Bonchev–Trinajstić information content (AvgIpc) is 3.31. The molecule has 0 N–H and O–H groups in total. The molecule has 3 heterocycles. The summed E-state index contributed by atoms with van der Waals surface area (Å²) in [6, 6.07) is 7.85. The van der Waals surface area contributed by atoms with Gasteiger partial charge >= 0.3 is 0 Å². The number of rotatable bonds is 4. The van der Waals surface area contributed by atoms with Crippen molar-refractivity contribution in [2.75, 3.05) is 18.2 Å². The molecule has 6 nitrogen and oxygen atoms in total. The first-order valence-electron chi connectivity index (χ1n) is 8.50. The first-order chi connectivity index (χ1) is 12.1. The molecule has 2 aliphatic rings. The minimum absolute atomic E-state index is 0.0786. The molecule has 1 fully saturated rings. The molecule has 7 heteroatoms. The number of ether oxygens (including phenoxy) is 1. The molecule has 4 rings (SSSR count). The molecule has 1 aromatic heterocycles. The summed E-state index contributed by atoms with van der Waals surface area (Å²) in [5, 5.41) is 6.49. The Morgan fingerprint density at radius 3 is 3.04 bits per heavy atom. The topological polar surface area (TPSA) is 67.2 Å². The van der Waals surface area contributed by atoms with Crippen molar-refractivity contribution in [2.24, 2.45) is 16.0 Å². The number of amides is 1. The van der Waals surface area contributed by atoms with Crippen molar-refractivity contribution >= 4 is 44.0 Å². The predicted octanol–water partition coefficient (Wildman–Crippen LogP) is 3.27. The van der Waals surface area contributed by atoms with Gasteiger partial charge in [0, 0.05) is 12.3 Å². The molecule has 0 saturated carbocycles. The molecule has 2 aliphatic heterocycles. The first-order valence-corrected chi connectivity index (χ1v) is 9.32. The molecule has 0 aliphatic carbocycles. The van der Waals surface area contributed by atoms with E-state index in [2.05, 4.69) is 15.1 Å². The summed E-state index contributed by atoms with van der Waals surface area (Å²) >= 11 is 1.47. The van der Waals surface area contributed by atoms with Crippen molar-refractivity contribution in [2.45, 2.75) is 32.8 Å². The van der Waals surface area contributed by atoms with Crippen molar-refractivity contribution < 1.29 is 9.53 Å². The van der Waals surface area contributed by atoms with Crippen LogP contribution in [0.25, 0.3) is 10.2 Å². The van der Waals surface area contributed by atoms with Crippen molar-refractivity contribution in [1.29, 1.82) is 0 Å². The highest BCUT2D eigenvalue weighted by Gasteiger charge is 2.37. The number of para-hydroxylation sites is 1. The van der Waals surface area contributed by atoms with Crippen LogP contribution in [-0.2, 0) is 9.53 Å². The third kappa shape index (κ3) is 3.09. The number of hydrazone groups is 1. The lowest BCUT2D eigenvalue weighted by molar-refractivity contribution is -0.118. The quantitative estimate of drug-likeness (QED) is 0.790. The van der Waals surface area contributed by atoms with Crippen molar-refractivity contribution in [3.8, 4) is 0 Å². The Hall–Kier alpha value is -2.12. The Kier molecular flexibility index (Phi) is 4.35. The first kappa shape index (κ1) is 16.4. The van der Waals surface area contributed by atoms with E-state index in [0.29, 0.717) is 11.7 Å². The normalized spacial score (nSPS) is 24.4. The number of aromatic nitrogens is 1. The zero-order valence-electron chi connectivity index (χ0n) is 14.3. The number of carbonyl (C=O) groups is 1. The minimum atomic E-state index is -0.395. The third-order valence-corrected chi connectivity index (χ3v) is 5.59. The van der Waals surface area contributed by atoms with Gasteiger partial charge in [0.1, 0.15) is 5.92 Å². The molecule has 25 heavy (non-hydrogen) atoms. The summed E-state index contributed by atoms with van der Waals surface area (Å²) in [4.78, 5) is 22.0. The summed E-state index contributed by atoms with van der Waals surface area (Å²) < 4.78 is 6.65. The summed E-state index contributed by atoms with van der Waals surface area (Å²) in [6.07, 6.45) is 2.32. The van der Waals surface area contributed by atoms with Gasteiger partial charge in [-0.05, 0) is 38.8 Å². The maximum Gasteiger partial charge on any atom is 0.264 e. The molecular formula is C18H20N4O2S. The molecule has 0 spiro atoms. The fraction of sp³-hybridized carbons (Fsp3) is 0.444. The Balaban J connectivity index is 1.54. The van der Waals surface area contributed by atoms with E-state index < -0.39 is 5.92 Å². The highest BCUT2D eigenvalue weighted by molar-refractivity contribution is 7.22. The Bertz CT molecular complexity index is 834. The standard InChI is InChI=1S/C18H20N4O2S/c1-11(19-10-13-6-5-9-24-13)16-12(2)21-22(17(16)23)18-20-14-7-3-4-8-15(14)25-18/h3-4,7-8,13,16H,5-6,9-10H2,1-2H3/t13-,16-/m1/s1. The number of hydrogen-bond acceptors (Lipinski definition) is 6. The number of carbonyl (C=O) groups excluding carboxylic acids is 1. The van der Waals surface area contributed by atoms with Crippen LogP contribution < -0.4 is 5.01 Å². The van der Waals surface area contributed by atoms with Crippen molar-refractivity contribution in [3.63, 3.8) is 0 Å². The van der Waals surface area contributed by atoms with Gasteiger partial charge in [0.2, 0.25) is 5.13 Å². The van der Waals surface area contributed by atoms with E-state index in [1.54, 1.807) is 0 Å². The van der Waals surface area contributed by atoms with Crippen LogP contribution in [0.15, 0.2) is 34.4 Å². The van der Waals surface area contributed by atoms with Gasteiger partial charge in [-0.15, -0.1) is 0 Å². The number of benzene rings is 1. The van der Waals surface area contributed by atoms with Crippen molar-refractivity contribution in [1.82, 2.24) is 4.98 Å². The van der Waals surface area contributed by atoms with Crippen LogP contribution in [0.1, 0.15) is 26.7 Å². The predicted molar refractivity (Wildman–Crippen MR) is 101 cm³/mol. The van der Waals surface area contributed by atoms with Gasteiger partial charge < -0.3 is 4.74 Å². The molecule has 2 atom stereocenters. The Labute approximate surface area is 150 Å². The van der Waals surface area contributed by atoms with Crippen LogP contribution in [0.5, 0.6) is 0 Å². The Morgan fingerprint density at radius 2 is 2.28 bits per heavy atom. The molecule has 1 aromatic carbocycles. The number of thiazole rings is 1. The van der Waals surface area contributed by atoms with E-state index in [1.807, 2.05) is 38.1 Å². The molecule has 1 amide bonds. The second-order valence-corrected chi connectivity index (χ2v) is 7.41. The summed E-state index contributed by atoms with van der Waals surface area (Å²) in [6.45, 7) is 5.21. The van der Waals surface area contributed by atoms with E-state index in [-0.39, 0.29) is 12.0 Å². The monoisotopic (exact) mass is 356 g/mol. The highest BCUT2D eigenvalue weighted by Crippen LogP contribution is 2.32. The van der Waals surface area contributed by atoms with Crippen LogP contribution in [0, 0.1) is 5.92 Å². The number of aliphatic imine (C=N–C) groups is 1. The van der Waals surface area contributed by atoms with Crippen LogP contribution in [0.3, 0.4) is 0 Å². The summed E-state index contributed by atoms with van der Waals surface area (Å²) in [5.74, 6) is -0.474. The summed E-state index contributed by atoms with van der Waals surface area (Å²) in [7, 11) is 0. The minimum Gasteiger partial charge on any atom is -0.376 e. The zero-order chi connectivity index (χ0) is 17.4. The maximum absolute atomic E-state index is 12.9. The van der Waals surface area contributed by atoms with Gasteiger partial charge in [0.15, 0.2) is 0 Å². The molecule has 0 bridgehead atoms. The van der Waals surface area contributed by atoms with E-state index in [4.69, 9.17) is 4.74 Å². The van der Waals surface area contributed by atoms with Crippen LogP contribution in [0.4, 0.5) is 5.13 Å². The Morgan fingerprint density at radius 1 is 1.44 bits per heavy atom. The van der Waals surface area contributed by atoms with Gasteiger partial charge in [-0.25, -0.2) is 4.98 Å². The number of nitrogens with zero attached hydrogens (tertiary/aromatic N) is 4. The molecule has 2 aromatic rings. The largest absolute Gasteiger partial charge is 0.376 e. The lowest BCUT2D eigenvalue weighted by Gasteiger charge is -2.12. The van der Waals surface area contributed by atoms with E-state index in [1.165, 1.54) is 16.3 Å². The summed E-state index contributed by atoms with van der Waals surface area (Å²) in [5.41, 5.74) is 2.44. The molecule has 130 valence electrons. The molecule has 0 radical (unpaired) electrons. The fourth-order valence-electron chi connectivity index (χ4n) is 3.26. The number of hydrogen-bond donors (Lipinski definition) is 0. The highest BCUT2D eigenvalue weighted by atomic mass is 32.1. The third-order valence-electron chi connectivity index (χ3n) is 4.58. The fourth-order valence-corrected chi connectivity index (χ4v) is 4.18. The average molecular weight is 356 g/mol. The second kappa shape index (κ2) is 6.65. The lowest BCUT2D eigenvalue weighted by Crippen LogP contribution is -2.32. The van der Waals surface area contributed by atoms with Gasteiger partial charge in [-0.2, -0.15) is 10.1 Å². The van der Waals surface area contributed by atoms with E-state index >= 15 is 0 Å². The molecular weight excluding hydrogens is 336 g/mol. The maximum atomic E-state index is 12.9. The van der Waals surface area contributed by atoms with Gasteiger partial charge in [-0.3, -0.25) is 9.79 Å². The van der Waals surface area contributed by atoms with E-state index in [0.717, 1.165) is 41.1 Å². The molecule has 1 saturated heterocycles. The number of anilines is 1. The SMILES string of the molecule is CC(=NC[C@H]1CCCO1)[C@H]1C(=O)N(c2nc3ccccc3s2)N=C1C. The van der Waals surface area contributed by atoms with Crippen LogP contribution in [-0.4, -0.2) is 41.6 Å². The molecule has 0 unspecified atom stereocenters. The van der Waals surface area contributed by atoms with Gasteiger partial charge in [0.25, 0.3) is 5.91 Å². The van der Waals surface area contributed by atoms with Gasteiger partial charge in [-0.1, -0.05) is 23.5 Å². The van der Waals surface area contributed by atoms with Crippen molar-refractivity contribution in [3.05, 3.63) is 24.3 Å². The van der Waals surface area contributed by atoms with Gasteiger partial charge in [0.05, 0.1) is 28.6 Å². The number of fused-ring (bicyclic) bond motifs is 1.